The summed E-state index contributed by atoms with van der Waals surface area (Å²) in [5.41, 5.74) is 1.07. The highest BCUT2D eigenvalue weighted by molar-refractivity contribution is 5.96. The van der Waals surface area contributed by atoms with Gasteiger partial charge in [0.2, 0.25) is 0 Å². The molecule has 1 aromatic rings. The topological polar surface area (TPSA) is 43.4 Å². The summed E-state index contributed by atoms with van der Waals surface area (Å²) in [6, 6.07) is 8.76. The molecule has 1 unspecified atom stereocenters. The van der Waals surface area contributed by atoms with Gasteiger partial charge in [-0.1, -0.05) is 42.5 Å². The van der Waals surface area contributed by atoms with E-state index in [2.05, 4.69) is 6.08 Å². The average Bonchev–Trinajstić information content (AvgIpc) is 2.56. The number of carbonyl (C=O) groups is 2. The summed E-state index contributed by atoms with van der Waals surface area (Å²) in [5.74, 6) is -0.0559. The second-order valence-electron chi connectivity index (χ2n) is 5.25. The van der Waals surface area contributed by atoms with Crippen LogP contribution in [0.1, 0.15) is 36.5 Å². The molecule has 1 aliphatic rings. The first-order valence-electron chi connectivity index (χ1n) is 7.48. The first kappa shape index (κ1) is 16.0. The van der Waals surface area contributed by atoms with Gasteiger partial charge in [-0.05, 0) is 37.8 Å². The van der Waals surface area contributed by atoms with E-state index < -0.39 is 5.97 Å². The van der Waals surface area contributed by atoms with Crippen molar-refractivity contribution >= 4 is 11.8 Å². The minimum absolute atomic E-state index is 0.0662. The van der Waals surface area contributed by atoms with Crippen molar-refractivity contribution in [2.24, 2.45) is 5.92 Å². The third-order valence-corrected chi connectivity index (χ3v) is 3.59. The lowest BCUT2D eigenvalue weighted by Gasteiger charge is -2.19. The van der Waals surface area contributed by atoms with Gasteiger partial charge in [-0.3, -0.25) is 4.79 Å². The summed E-state index contributed by atoms with van der Waals surface area (Å²) in [6.07, 6.45) is 11.3. The molecule has 3 heteroatoms. The van der Waals surface area contributed by atoms with E-state index in [0.717, 1.165) is 6.42 Å². The number of Topliss-reactive ketones (excluding diaryl/α,β-unsaturated/α-hetero) is 1. The monoisotopic (exact) mass is 296 g/mol. The highest BCUT2D eigenvalue weighted by Crippen LogP contribution is 2.27. The van der Waals surface area contributed by atoms with Crippen LogP contribution in [0.4, 0.5) is 0 Å². The molecular weight excluding hydrogens is 276 g/mol. The number of esters is 1. The van der Waals surface area contributed by atoms with E-state index in [1.54, 1.807) is 24.3 Å². The molecule has 1 aliphatic carbocycles. The second kappa shape index (κ2) is 8.13. The standard InChI is InChI=1S/C19H20O3/c1-2-3-5-8-15-11-12-18(20)17(13-15)14-22-19(21)16-9-6-4-7-10-16/h2-10,14-15H,11-13H2,1H3/b3-2+,8-5+,17-14+. The maximum absolute atomic E-state index is 11.9. The number of ether oxygens (including phenoxy) is 1. The van der Waals surface area contributed by atoms with Gasteiger partial charge >= 0.3 is 5.97 Å². The summed E-state index contributed by atoms with van der Waals surface area (Å²) in [6.45, 7) is 1.96. The lowest BCUT2D eigenvalue weighted by molar-refractivity contribution is -0.116. The molecule has 1 saturated carbocycles. The lowest BCUT2D eigenvalue weighted by Crippen LogP contribution is -2.16. The Kier molecular flexibility index (Phi) is 5.90. The van der Waals surface area contributed by atoms with E-state index in [9.17, 15) is 9.59 Å². The van der Waals surface area contributed by atoms with E-state index in [1.165, 1.54) is 6.26 Å². The molecule has 1 fully saturated rings. The van der Waals surface area contributed by atoms with Crippen LogP contribution in [0.15, 0.2) is 66.5 Å². The van der Waals surface area contributed by atoms with E-state index in [-0.39, 0.29) is 5.78 Å². The van der Waals surface area contributed by atoms with Crippen LogP contribution in [0.2, 0.25) is 0 Å². The second-order valence-corrected chi connectivity index (χ2v) is 5.25. The SMILES string of the molecule is C/C=C/C=C/C1CCC(=O)/C(=C/OC(=O)c2ccccc2)C1. The van der Waals surface area contributed by atoms with Crippen LogP contribution in [0.5, 0.6) is 0 Å². The number of hydrogen-bond acceptors (Lipinski definition) is 3. The van der Waals surface area contributed by atoms with Crippen LogP contribution >= 0.6 is 0 Å². The quantitative estimate of drug-likeness (QED) is 0.361. The van der Waals surface area contributed by atoms with Gasteiger partial charge in [-0.2, -0.15) is 0 Å². The smallest absolute Gasteiger partial charge is 0.342 e. The molecule has 2 rings (SSSR count). The van der Waals surface area contributed by atoms with Crippen LogP contribution < -0.4 is 0 Å². The Hall–Kier alpha value is -2.42. The first-order chi connectivity index (χ1) is 10.7. The van der Waals surface area contributed by atoms with Gasteiger partial charge in [0.15, 0.2) is 5.78 Å². The third-order valence-electron chi connectivity index (χ3n) is 3.59. The molecule has 0 amide bonds. The molecule has 0 spiro atoms. The average molecular weight is 296 g/mol. The van der Waals surface area contributed by atoms with Crippen molar-refractivity contribution in [1.29, 1.82) is 0 Å². The Morgan fingerprint density at radius 1 is 1.23 bits per heavy atom. The molecule has 114 valence electrons. The van der Waals surface area contributed by atoms with Crippen LogP contribution in [-0.4, -0.2) is 11.8 Å². The van der Waals surface area contributed by atoms with E-state index >= 15 is 0 Å². The van der Waals surface area contributed by atoms with Crippen LogP contribution in [0, 0.1) is 5.92 Å². The number of allylic oxidation sites excluding steroid dienone is 5. The van der Waals surface area contributed by atoms with E-state index in [4.69, 9.17) is 4.74 Å². The summed E-state index contributed by atoms with van der Waals surface area (Å²) >= 11 is 0. The normalized spacial score (nSPS) is 20.9. The number of benzene rings is 1. The lowest BCUT2D eigenvalue weighted by atomic mass is 9.85. The highest BCUT2D eigenvalue weighted by atomic mass is 16.5. The Morgan fingerprint density at radius 2 is 2.00 bits per heavy atom. The first-order valence-corrected chi connectivity index (χ1v) is 7.48. The molecule has 22 heavy (non-hydrogen) atoms. The zero-order valence-electron chi connectivity index (χ0n) is 12.7. The third kappa shape index (κ3) is 4.55. The van der Waals surface area contributed by atoms with Crippen molar-refractivity contribution < 1.29 is 14.3 Å². The summed E-state index contributed by atoms with van der Waals surface area (Å²) < 4.78 is 5.15. The maximum Gasteiger partial charge on any atom is 0.342 e. The fourth-order valence-corrected chi connectivity index (χ4v) is 2.35. The van der Waals surface area contributed by atoms with Crippen molar-refractivity contribution in [3.63, 3.8) is 0 Å². The van der Waals surface area contributed by atoms with Crippen molar-refractivity contribution in [3.8, 4) is 0 Å². The van der Waals surface area contributed by atoms with Gasteiger partial charge < -0.3 is 4.74 Å². The molecular formula is C19H20O3. The molecule has 3 nitrogen and oxygen atoms in total. The highest BCUT2D eigenvalue weighted by Gasteiger charge is 2.22. The largest absolute Gasteiger partial charge is 0.430 e. The molecule has 1 atom stereocenters. The van der Waals surface area contributed by atoms with Crippen molar-refractivity contribution in [2.45, 2.75) is 26.2 Å². The molecule has 0 aromatic heterocycles. The van der Waals surface area contributed by atoms with Gasteiger partial charge in [0.1, 0.15) is 6.26 Å². The minimum Gasteiger partial charge on any atom is -0.430 e. The van der Waals surface area contributed by atoms with E-state index in [1.807, 2.05) is 31.2 Å². The Labute approximate surface area is 131 Å². The number of ketones is 1. The van der Waals surface area contributed by atoms with Gasteiger partial charge in [0, 0.05) is 12.0 Å². The maximum atomic E-state index is 11.9. The molecule has 0 aliphatic heterocycles. The van der Waals surface area contributed by atoms with Crippen molar-refractivity contribution in [3.05, 3.63) is 72.0 Å². The molecule has 0 heterocycles. The van der Waals surface area contributed by atoms with Crippen LogP contribution in [0.25, 0.3) is 0 Å². The number of hydrogen-bond donors (Lipinski definition) is 0. The fourth-order valence-electron chi connectivity index (χ4n) is 2.35. The van der Waals surface area contributed by atoms with E-state index in [0.29, 0.717) is 29.9 Å². The molecule has 0 bridgehead atoms. The molecule has 0 radical (unpaired) electrons. The predicted molar refractivity (Wildman–Crippen MR) is 86.2 cm³/mol. The summed E-state index contributed by atoms with van der Waals surface area (Å²) in [5, 5.41) is 0. The van der Waals surface area contributed by atoms with Gasteiger partial charge in [0.05, 0.1) is 5.56 Å². The molecule has 0 saturated heterocycles. The summed E-state index contributed by atoms with van der Waals surface area (Å²) in [7, 11) is 0. The fraction of sp³-hybridized carbons (Fsp3) is 0.263. The van der Waals surface area contributed by atoms with Crippen LogP contribution in [0.3, 0.4) is 0 Å². The molecule has 0 N–H and O–H groups in total. The van der Waals surface area contributed by atoms with Gasteiger partial charge in [-0.15, -0.1) is 0 Å². The van der Waals surface area contributed by atoms with Crippen molar-refractivity contribution in [1.82, 2.24) is 0 Å². The number of carbonyl (C=O) groups excluding carboxylic acids is 2. The number of rotatable bonds is 4. The van der Waals surface area contributed by atoms with Crippen LogP contribution in [-0.2, 0) is 9.53 Å². The zero-order chi connectivity index (χ0) is 15.8. The Morgan fingerprint density at radius 3 is 2.73 bits per heavy atom. The minimum atomic E-state index is -0.438. The summed E-state index contributed by atoms with van der Waals surface area (Å²) in [4.78, 5) is 23.8. The molecule has 1 aromatic carbocycles. The zero-order valence-corrected chi connectivity index (χ0v) is 12.7. The van der Waals surface area contributed by atoms with Gasteiger partial charge in [0.25, 0.3) is 0 Å². The Balaban J connectivity index is 1.99. The Bertz CT molecular complexity index is 609. The van der Waals surface area contributed by atoms with Gasteiger partial charge in [-0.25, -0.2) is 4.79 Å². The van der Waals surface area contributed by atoms with Crippen molar-refractivity contribution in [2.75, 3.05) is 0 Å². The predicted octanol–water partition coefficient (Wildman–Crippen LogP) is 4.23.